The summed E-state index contributed by atoms with van der Waals surface area (Å²) in [7, 11) is 1.92. The van der Waals surface area contributed by atoms with Crippen LogP contribution in [0.1, 0.15) is 22.9 Å². The zero-order chi connectivity index (χ0) is 14.1. The van der Waals surface area contributed by atoms with E-state index in [0.29, 0.717) is 0 Å². The minimum absolute atomic E-state index is 0.0468. The number of fused-ring (bicyclic) bond motifs is 1. The summed E-state index contributed by atoms with van der Waals surface area (Å²) in [6.07, 6.45) is 4.64. The molecule has 3 aromatic rings. The Labute approximate surface area is 118 Å². The molecule has 0 saturated heterocycles. The Morgan fingerprint density at radius 1 is 1.25 bits per heavy atom. The summed E-state index contributed by atoms with van der Waals surface area (Å²) >= 11 is 0. The highest BCUT2D eigenvalue weighted by molar-refractivity contribution is 5.81. The van der Waals surface area contributed by atoms with Crippen LogP contribution in [0.5, 0.6) is 0 Å². The summed E-state index contributed by atoms with van der Waals surface area (Å²) in [5.74, 6) is 0. The summed E-state index contributed by atoms with van der Waals surface area (Å²) in [5.41, 5.74) is 10.7. The zero-order valence-electron chi connectivity index (χ0n) is 11.7. The Kier molecular flexibility index (Phi) is 3.24. The van der Waals surface area contributed by atoms with Crippen molar-refractivity contribution in [3.05, 3.63) is 59.5 Å². The Morgan fingerprint density at radius 2 is 2.05 bits per heavy atom. The van der Waals surface area contributed by atoms with Crippen LogP contribution >= 0.6 is 0 Å². The van der Waals surface area contributed by atoms with E-state index in [4.69, 9.17) is 5.73 Å². The smallest absolute Gasteiger partial charge is 0.0704 e. The largest absolute Gasteiger partial charge is 0.324 e. The van der Waals surface area contributed by atoms with Crippen molar-refractivity contribution in [1.29, 1.82) is 0 Å². The Bertz CT molecular complexity index is 740. The van der Waals surface area contributed by atoms with Crippen LogP contribution in [0.25, 0.3) is 10.9 Å². The van der Waals surface area contributed by atoms with E-state index in [-0.39, 0.29) is 6.04 Å². The molecule has 0 amide bonds. The van der Waals surface area contributed by atoms with Crippen molar-refractivity contribution >= 4 is 10.9 Å². The fourth-order valence-electron chi connectivity index (χ4n) is 2.66. The quantitative estimate of drug-likeness (QED) is 0.792. The maximum Gasteiger partial charge on any atom is 0.0704 e. The van der Waals surface area contributed by atoms with Crippen molar-refractivity contribution in [1.82, 2.24) is 14.8 Å². The molecule has 0 radical (unpaired) electrons. The molecule has 102 valence electrons. The first-order valence-corrected chi connectivity index (χ1v) is 6.73. The maximum absolute atomic E-state index is 6.36. The number of nitrogens with two attached hydrogens (primary N) is 1. The molecule has 0 saturated carbocycles. The molecule has 2 N–H and O–H groups in total. The first kappa shape index (κ1) is 12.8. The van der Waals surface area contributed by atoms with E-state index in [1.165, 1.54) is 10.9 Å². The van der Waals surface area contributed by atoms with Crippen molar-refractivity contribution in [2.24, 2.45) is 12.8 Å². The third-order valence-electron chi connectivity index (χ3n) is 3.63. The number of hydrogen-bond donors (Lipinski definition) is 1. The number of nitrogens with zero attached hydrogens (tertiary/aromatic N) is 3. The number of benzene rings is 1. The van der Waals surface area contributed by atoms with Gasteiger partial charge in [0, 0.05) is 36.4 Å². The minimum atomic E-state index is -0.0468. The first-order chi connectivity index (χ1) is 9.65. The van der Waals surface area contributed by atoms with Gasteiger partial charge in [0.05, 0.1) is 11.2 Å². The van der Waals surface area contributed by atoms with Crippen LogP contribution in [0.4, 0.5) is 0 Å². The van der Waals surface area contributed by atoms with Gasteiger partial charge in [-0.2, -0.15) is 5.10 Å². The molecule has 0 spiro atoms. The molecule has 0 aliphatic rings. The van der Waals surface area contributed by atoms with Crippen molar-refractivity contribution < 1.29 is 0 Å². The van der Waals surface area contributed by atoms with Crippen LogP contribution in [-0.4, -0.2) is 14.8 Å². The van der Waals surface area contributed by atoms with E-state index in [0.717, 1.165) is 23.2 Å². The van der Waals surface area contributed by atoms with Crippen LogP contribution in [0, 0.1) is 6.92 Å². The van der Waals surface area contributed by atoms with Gasteiger partial charge >= 0.3 is 0 Å². The Morgan fingerprint density at radius 3 is 2.80 bits per heavy atom. The molecule has 1 unspecified atom stereocenters. The third-order valence-corrected chi connectivity index (χ3v) is 3.63. The first-order valence-electron chi connectivity index (χ1n) is 6.73. The molecule has 1 atom stereocenters. The van der Waals surface area contributed by atoms with Gasteiger partial charge in [-0.3, -0.25) is 9.67 Å². The fraction of sp³-hybridized carbons (Fsp3) is 0.250. The van der Waals surface area contributed by atoms with Gasteiger partial charge in [-0.25, -0.2) is 0 Å². The van der Waals surface area contributed by atoms with Crippen molar-refractivity contribution in [2.45, 2.75) is 19.4 Å². The topological polar surface area (TPSA) is 56.7 Å². The molecule has 2 heterocycles. The molecule has 0 aliphatic heterocycles. The summed E-state index contributed by atoms with van der Waals surface area (Å²) in [6, 6.07) is 10.2. The minimum Gasteiger partial charge on any atom is -0.324 e. The molecular formula is C16H18N4. The monoisotopic (exact) mass is 266 g/mol. The lowest BCUT2D eigenvalue weighted by molar-refractivity contribution is 0.718. The van der Waals surface area contributed by atoms with E-state index in [9.17, 15) is 0 Å². The highest BCUT2D eigenvalue weighted by Gasteiger charge is 2.14. The van der Waals surface area contributed by atoms with E-state index < -0.39 is 0 Å². The normalized spacial score (nSPS) is 12.8. The fourth-order valence-corrected chi connectivity index (χ4v) is 2.66. The van der Waals surface area contributed by atoms with Crippen LogP contribution < -0.4 is 5.73 Å². The summed E-state index contributed by atoms with van der Waals surface area (Å²) in [6.45, 7) is 2.00. The van der Waals surface area contributed by atoms with Crippen LogP contribution in [0.2, 0.25) is 0 Å². The van der Waals surface area contributed by atoms with Crippen molar-refractivity contribution in [2.75, 3.05) is 0 Å². The lowest BCUT2D eigenvalue weighted by atomic mass is 9.98. The molecule has 3 rings (SSSR count). The summed E-state index contributed by atoms with van der Waals surface area (Å²) in [4.78, 5) is 4.39. The highest BCUT2D eigenvalue weighted by Crippen LogP contribution is 2.23. The van der Waals surface area contributed by atoms with Gasteiger partial charge in [-0.05, 0) is 31.0 Å². The number of rotatable bonds is 3. The van der Waals surface area contributed by atoms with E-state index in [1.54, 1.807) is 0 Å². The molecule has 0 aliphatic carbocycles. The Hall–Kier alpha value is -2.20. The lowest BCUT2D eigenvalue weighted by Gasteiger charge is -2.12. The average molecular weight is 266 g/mol. The predicted molar refractivity (Wildman–Crippen MR) is 80.3 cm³/mol. The van der Waals surface area contributed by atoms with Crippen LogP contribution in [0.15, 0.2) is 42.7 Å². The second-order valence-corrected chi connectivity index (χ2v) is 5.14. The molecule has 1 aromatic carbocycles. The van der Waals surface area contributed by atoms with E-state index >= 15 is 0 Å². The zero-order valence-corrected chi connectivity index (χ0v) is 11.7. The van der Waals surface area contributed by atoms with Gasteiger partial charge in [0.2, 0.25) is 0 Å². The molecule has 2 aromatic heterocycles. The summed E-state index contributed by atoms with van der Waals surface area (Å²) in [5, 5.41) is 5.53. The van der Waals surface area contributed by atoms with Crippen LogP contribution in [-0.2, 0) is 13.5 Å². The van der Waals surface area contributed by atoms with Gasteiger partial charge in [-0.1, -0.05) is 18.2 Å². The number of aromatic nitrogens is 3. The number of para-hydroxylation sites is 1. The molecule has 20 heavy (non-hydrogen) atoms. The van der Waals surface area contributed by atoms with Crippen molar-refractivity contribution in [3.63, 3.8) is 0 Å². The van der Waals surface area contributed by atoms with E-state index in [2.05, 4.69) is 16.1 Å². The van der Waals surface area contributed by atoms with Gasteiger partial charge in [0.15, 0.2) is 0 Å². The number of aryl methyl sites for hydroxylation is 2. The van der Waals surface area contributed by atoms with Gasteiger partial charge in [0.1, 0.15) is 0 Å². The van der Waals surface area contributed by atoms with Gasteiger partial charge in [-0.15, -0.1) is 0 Å². The van der Waals surface area contributed by atoms with Gasteiger partial charge in [0.25, 0.3) is 0 Å². The SMILES string of the molecule is Cc1nn(C)cc1C(N)Cc1ccnc2ccccc12. The number of pyridine rings is 1. The number of hydrogen-bond acceptors (Lipinski definition) is 3. The molecule has 0 bridgehead atoms. The standard InChI is InChI=1S/C16H18N4/c1-11-14(10-20(2)19-11)15(17)9-12-7-8-18-16-6-4-3-5-13(12)16/h3-8,10,15H,9,17H2,1-2H3. The summed E-state index contributed by atoms with van der Waals surface area (Å²) < 4.78 is 1.81. The average Bonchev–Trinajstić information content (AvgIpc) is 2.78. The molecule has 4 heteroatoms. The second-order valence-electron chi connectivity index (χ2n) is 5.14. The molecule has 0 fully saturated rings. The third kappa shape index (κ3) is 2.30. The van der Waals surface area contributed by atoms with Crippen LogP contribution in [0.3, 0.4) is 0 Å². The van der Waals surface area contributed by atoms with Gasteiger partial charge < -0.3 is 5.73 Å². The Balaban J connectivity index is 1.95. The highest BCUT2D eigenvalue weighted by atomic mass is 15.2. The molecular weight excluding hydrogens is 248 g/mol. The lowest BCUT2D eigenvalue weighted by Crippen LogP contribution is -2.14. The molecule has 4 nitrogen and oxygen atoms in total. The predicted octanol–water partition coefficient (Wildman–Crippen LogP) is 2.52. The van der Waals surface area contributed by atoms with E-state index in [1.807, 2.05) is 55.3 Å². The maximum atomic E-state index is 6.36. The van der Waals surface area contributed by atoms with Crippen molar-refractivity contribution in [3.8, 4) is 0 Å². The second kappa shape index (κ2) is 5.06.